The molecule has 1 unspecified atom stereocenters. The third-order valence-electron chi connectivity index (χ3n) is 3.97. The van der Waals surface area contributed by atoms with Crippen molar-refractivity contribution < 1.29 is 0 Å². The molecule has 0 heteroatoms. The molecule has 2 aromatic carbocycles. The summed E-state index contributed by atoms with van der Waals surface area (Å²) < 4.78 is 0. The van der Waals surface area contributed by atoms with Gasteiger partial charge >= 0.3 is 0 Å². The maximum absolute atomic E-state index is 2.37. The van der Waals surface area contributed by atoms with Crippen molar-refractivity contribution in [1.29, 1.82) is 0 Å². The van der Waals surface area contributed by atoms with Gasteiger partial charge in [0.15, 0.2) is 0 Å². The Bertz CT molecular complexity index is 647. The van der Waals surface area contributed by atoms with Crippen LogP contribution < -0.4 is 0 Å². The summed E-state index contributed by atoms with van der Waals surface area (Å²) in [5, 5.41) is 0. The zero-order valence-electron chi connectivity index (χ0n) is 9.90. The maximum atomic E-state index is 2.37. The molecule has 2 aromatic rings. The topological polar surface area (TPSA) is 0 Å². The summed E-state index contributed by atoms with van der Waals surface area (Å²) in [4.78, 5) is 0. The van der Waals surface area contributed by atoms with Crippen LogP contribution in [-0.2, 0) is 6.42 Å². The monoisotopic (exact) mass is 218 g/mol. The fourth-order valence-electron chi connectivity index (χ4n) is 3.33. The van der Waals surface area contributed by atoms with E-state index in [0.29, 0.717) is 5.92 Å². The maximum Gasteiger partial charge on any atom is 0.0284 e. The van der Waals surface area contributed by atoms with Crippen LogP contribution in [0.3, 0.4) is 0 Å². The molecule has 0 heterocycles. The molecule has 82 valence electrons. The van der Waals surface area contributed by atoms with Crippen molar-refractivity contribution in [3.63, 3.8) is 0 Å². The second kappa shape index (κ2) is 3.10. The van der Waals surface area contributed by atoms with Gasteiger partial charge in [0.1, 0.15) is 0 Å². The van der Waals surface area contributed by atoms with Crippen LogP contribution in [-0.4, -0.2) is 0 Å². The van der Waals surface area contributed by atoms with E-state index in [0.717, 1.165) is 6.42 Å². The molecule has 2 aliphatic carbocycles. The van der Waals surface area contributed by atoms with Crippen molar-refractivity contribution >= 4 is 0 Å². The number of hydrogen-bond donors (Lipinski definition) is 0. The Hall–Kier alpha value is -1.82. The average molecular weight is 218 g/mol. The highest BCUT2D eigenvalue weighted by molar-refractivity contribution is 5.82. The Morgan fingerprint density at radius 1 is 1.06 bits per heavy atom. The quantitative estimate of drug-likeness (QED) is 0.581. The molecular formula is C17H14. The molecular weight excluding hydrogens is 204 g/mol. The van der Waals surface area contributed by atoms with E-state index in [-0.39, 0.29) is 0 Å². The fourth-order valence-corrected chi connectivity index (χ4v) is 3.33. The first-order valence-corrected chi connectivity index (χ1v) is 6.24. The third kappa shape index (κ3) is 1.13. The van der Waals surface area contributed by atoms with Crippen molar-refractivity contribution in [3.05, 3.63) is 70.8 Å². The number of allylic oxidation sites excluding steroid dienone is 2. The van der Waals surface area contributed by atoms with E-state index in [1.807, 2.05) is 0 Å². The van der Waals surface area contributed by atoms with Gasteiger partial charge < -0.3 is 0 Å². The molecule has 0 saturated heterocycles. The van der Waals surface area contributed by atoms with Gasteiger partial charge in [-0.05, 0) is 41.2 Å². The van der Waals surface area contributed by atoms with Crippen LogP contribution in [0.1, 0.15) is 28.2 Å². The van der Waals surface area contributed by atoms with E-state index in [1.54, 1.807) is 5.56 Å². The Kier molecular flexibility index (Phi) is 1.69. The summed E-state index contributed by atoms with van der Waals surface area (Å²) in [5.41, 5.74) is 8.83. The van der Waals surface area contributed by atoms with Gasteiger partial charge in [0.25, 0.3) is 0 Å². The van der Waals surface area contributed by atoms with Crippen LogP contribution in [0.15, 0.2) is 48.6 Å². The van der Waals surface area contributed by atoms with E-state index < -0.39 is 0 Å². The van der Waals surface area contributed by atoms with Crippen molar-refractivity contribution in [2.75, 3.05) is 0 Å². The van der Waals surface area contributed by atoms with Crippen LogP contribution in [0.4, 0.5) is 0 Å². The van der Waals surface area contributed by atoms with Crippen molar-refractivity contribution in [1.82, 2.24) is 0 Å². The largest absolute Gasteiger partial charge is 0.0832 e. The normalized spacial score (nSPS) is 19.0. The second-order valence-corrected chi connectivity index (χ2v) is 5.08. The highest BCUT2D eigenvalue weighted by Crippen LogP contribution is 2.48. The van der Waals surface area contributed by atoms with Gasteiger partial charge in [-0.25, -0.2) is 0 Å². The molecule has 4 rings (SSSR count). The van der Waals surface area contributed by atoms with Crippen LogP contribution >= 0.6 is 0 Å². The summed E-state index contributed by atoms with van der Waals surface area (Å²) in [7, 11) is 0. The highest BCUT2D eigenvalue weighted by atomic mass is 14.3. The molecule has 0 radical (unpaired) electrons. The third-order valence-corrected chi connectivity index (χ3v) is 3.97. The lowest BCUT2D eigenvalue weighted by molar-refractivity contribution is 0.985. The summed E-state index contributed by atoms with van der Waals surface area (Å²) in [6.07, 6.45) is 5.78. The first-order chi connectivity index (χ1) is 8.34. The van der Waals surface area contributed by atoms with Gasteiger partial charge in [-0.3, -0.25) is 0 Å². The Labute approximate surface area is 102 Å². The predicted octanol–water partition coefficient (Wildman–Crippen LogP) is 4.22. The molecule has 1 atom stereocenters. The van der Waals surface area contributed by atoms with Crippen LogP contribution in [0.25, 0.3) is 11.1 Å². The lowest BCUT2D eigenvalue weighted by Crippen LogP contribution is -2.02. The Balaban J connectivity index is 2.14. The molecule has 0 nitrogen and oxygen atoms in total. The molecule has 0 aromatic heterocycles. The second-order valence-electron chi connectivity index (χ2n) is 5.08. The van der Waals surface area contributed by atoms with Gasteiger partial charge in [0.2, 0.25) is 0 Å². The number of rotatable bonds is 0. The molecule has 0 aliphatic heterocycles. The molecule has 0 spiro atoms. The average Bonchev–Trinajstić information content (AvgIpc) is 2.67. The summed E-state index contributed by atoms with van der Waals surface area (Å²) in [6.45, 7) is 2.20. The summed E-state index contributed by atoms with van der Waals surface area (Å²) in [6, 6.07) is 13.5. The van der Waals surface area contributed by atoms with Gasteiger partial charge in [-0.15, -0.1) is 0 Å². The predicted molar refractivity (Wildman–Crippen MR) is 71.3 cm³/mol. The van der Waals surface area contributed by atoms with E-state index in [4.69, 9.17) is 0 Å². The standard InChI is InChI=1S/C17H14/c1-11-9-12-5-4-8-15-13-6-2-3-7-14(13)16(10-11)17(12)15/h2-4,6-10,15H,5H2,1H3. The fraction of sp³-hybridized carbons (Fsp3) is 0.176. The first-order valence-electron chi connectivity index (χ1n) is 6.24. The lowest BCUT2D eigenvalue weighted by Gasteiger charge is -2.18. The van der Waals surface area contributed by atoms with Gasteiger partial charge in [0, 0.05) is 5.92 Å². The molecule has 0 N–H and O–H groups in total. The summed E-state index contributed by atoms with van der Waals surface area (Å²) >= 11 is 0. The minimum absolute atomic E-state index is 0.505. The molecule has 17 heavy (non-hydrogen) atoms. The smallest absolute Gasteiger partial charge is 0.0284 e. The number of hydrogen-bond acceptors (Lipinski definition) is 0. The number of fused-ring (bicyclic) bond motifs is 3. The minimum Gasteiger partial charge on any atom is -0.0832 e. The minimum atomic E-state index is 0.505. The SMILES string of the molecule is Cc1cc2c3c(c1)-c1ccccc1C3C=CC2. The van der Waals surface area contributed by atoms with Crippen molar-refractivity contribution in [3.8, 4) is 11.1 Å². The van der Waals surface area contributed by atoms with E-state index in [2.05, 4.69) is 55.5 Å². The van der Waals surface area contributed by atoms with E-state index in [1.165, 1.54) is 27.8 Å². The number of aryl methyl sites for hydroxylation is 1. The van der Waals surface area contributed by atoms with E-state index in [9.17, 15) is 0 Å². The Morgan fingerprint density at radius 2 is 1.94 bits per heavy atom. The zero-order chi connectivity index (χ0) is 11.4. The van der Waals surface area contributed by atoms with Gasteiger partial charge in [-0.1, -0.05) is 54.1 Å². The molecule has 0 bridgehead atoms. The molecule has 0 fully saturated rings. The first kappa shape index (κ1) is 9.23. The Morgan fingerprint density at radius 3 is 2.88 bits per heavy atom. The molecule has 0 amide bonds. The summed E-state index contributed by atoms with van der Waals surface area (Å²) in [5.74, 6) is 0.505. The zero-order valence-corrected chi connectivity index (χ0v) is 9.90. The van der Waals surface area contributed by atoms with Gasteiger partial charge in [0.05, 0.1) is 0 Å². The number of benzene rings is 2. The lowest BCUT2D eigenvalue weighted by atomic mass is 9.86. The van der Waals surface area contributed by atoms with Crippen molar-refractivity contribution in [2.45, 2.75) is 19.3 Å². The van der Waals surface area contributed by atoms with E-state index >= 15 is 0 Å². The van der Waals surface area contributed by atoms with Crippen molar-refractivity contribution in [2.24, 2.45) is 0 Å². The van der Waals surface area contributed by atoms with Gasteiger partial charge in [-0.2, -0.15) is 0 Å². The van der Waals surface area contributed by atoms with Crippen LogP contribution in [0.2, 0.25) is 0 Å². The molecule has 0 saturated carbocycles. The highest BCUT2D eigenvalue weighted by Gasteiger charge is 2.30. The van der Waals surface area contributed by atoms with Crippen LogP contribution in [0.5, 0.6) is 0 Å². The van der Waals surface area contributed by atoms with Crippen LogP contribution in [0, 0.1) is 6.92 Å². The molecule has 2 aliphatic rings.